The Kier molecular flexibility index (Phi) is 10.7. The molecule has 3 nitrogen and oxygen atoms in total. The zero-order chi connectivity index (χ0) is 22.1. The lowest BCUT2D eigenvalue weighted by Gasteiger charge is -2.30. The second-order valence-electron chi connectivity index (χ2n) is 11.4. The monoisotopic (exact) mass is 422 g/mol. The fraction of sp³-hybridized carbons (Fsp3) is 0.963. The number of esters is 1. The summed E-state index contributed by atoms with van der Waals surface area (Å²) in [7, 11) is 0. The third-order valence-corrected chi connectivity index (χ3v) is 8.16. The van der Waals surface area contributed by atoms with Gasteiger partial charge in [-0.1, -0.05) is 58.8 Å². The fourth-order valence-electron chi connectivity index (χ4n) is 6.27. The second kappa shape index (κ2) is 12.5. The van der Waals surface area contributed by atoms with E-state index in [4.69, 9.17) is 4.74 Å². The molecule has 0 amide bonds. The van der Waals surface area contributed by atoms with Crippen LogP contribution in [0.4, 0.5) is 0 Å². The van der Waals surface area contributed by atoms with Gasteiger partial charge < -0.3 is 9.84 Å². The van der Waals surface area contributed by atoms with Gasteiger partial charge in [0.1, 0.15) is 0 Å². The molecule has 3 heteroatoms. The molecular formula is C27H50O3. The van der Waals surface area contributed by atoms with Gasteiger partial charge in [-0.2, -0.15) is 0 Å². The van der Waals surface area contributed by atoms with E-state index in [2.05, 4.69) is 13.8 Å². The van der Waals surface area contributed by atoms with Crippen LogP contribution < -0.4 is 0 Å². The van der Waals surface area contributed by atoms with Crippen molar-refractivity contribution in [3.05, 3.63) is 0 Å². The van der Waals surface area contributed by atoms with Crippen LogP contribution in [0.2, 0.25) is 0 Å². The third kappa shape index (κ3) is 7.24. The molecule has 0 aliphatic heterocycles. The number of unbranched alkanes of at least 4 members (excludes halogenated alkanes) is 4. The van der Waals surface area contributed by atoms with Gasteiger partial charge in [0, 0.05) is 6.61 Å². The van der Waals surface area contributed by atoms with E-state index in [-0.39, 0.29) is 11.4 Å². The Hall–Kier alpha value is -0.570. The van der Waals surface area contributed by atoms with Gasteiger partial charge in [0.25, 0.3) is 0 Å². The van der Waals surface area contributed by atoms with Crippen LogP contribution in [0, 0.1) is 40.9 Å². The maximum Gasteiger partial charge on any atom is 0.311 e. The summed E-state index contributed by atoms with van der Waals surface area (Å²) >= 11 is 0. The van der Waals surface area contributed by atoms with Crippen LogP contribution >= 0.6 is 0 Å². The molecule has 0 saturated heterocycles. The van der Waals surface area contributed by atoms with Crippen molar-refractivity contribution in [2.24, 2.45) is 40.9 Å². The van der Waals surface area contributed by atoms with Crippen molar-refractivity contribution in [1.29, 1.82) is 0 Å². The van der Waals surface area contributed by atoms with Gasteiger partial charge in [-0.3, -0.25) is 4.79 Å². The molecule has 30 heavy (non-hydrogen) atoms. The zero-order valence-corrected chi connectivity index (χ0v) is 20.6. The van der Waals surface area contributed by atoms with Crippen LogP contribution in [0.5, 0.6) is 0 Å². The number of aliphatic hydroxyl groups is 1. The molecule has 6 atom stereocenters. The number of aliphatic hydroxyl groups excluding tert-OH is 1. The standard InChI is InChI=1S/C16H32O2.C11H18O/c1-6-8-9-10-11-12-14(7-2)13-18-15(17)16(3,4)5;12-6-8-4-7-5-11(8)10-3-1-2-9(7)10/h14H,6-13H2,1-5H3;7-12H,1-6H2. The molecule has 3 fully saturated rings. The van der Waals surface area contributed by atoms with Crippen molar-refractivity contribution in [2.75, 3.05) is 13.2 Å². The van der Waals surface area contributed by atoms with Crippen molar-refractivity contribution in [2.45, 2.75) is 112 Å². The zero-order valence-electron chi connectivity index (χ0n) is 20.6. The smallest absolute Gasteiger partial charge is 0.311 e. The predicted octanol–water partition coefficient (Wildman–Crippen LogP) is 7.01. The Bertz CT molecular complexity index is 493. The number of carbonyl (C=O) groups excluding carboxylic acids is 1. The summed E-state index contributed by atoms with van der Waals surface area (Å²) in [6, 6.07) is 0. The Balaban J connectivity index is 0.000000227. The van der Waals surface area contributed by atoms with Gasteiger partial charge in [-0.05, 0) is 88.4 Å². The van der Waals surface area contributed by atoms with Crippen LogP contribution in [0.25, 0.3) is 0 Å². The molecule has 3 rings (SSSR count). The molecule has 3 saturated carbocycles. The maximum absolute atomic E-state index is 11.7. The predicted molar refractivity (Wildman–Crippen MR) is 125 cm³/mol. The highest BCUT2D eigenvalue weighted by atomic mass is 16.5. The minimum atomic E-state index is -0.376. The van der Waals surface area contributed by atoms with Crippen molar-refractivity contribution in [3.63, 3.8) is 0 Å². The van der Waals surface area contributed by atoms with Crippen LogP contribution in [0.3, 0.4) is 0 Å². The Morgan fingerprint density at radius 1 is 1.00 bits per heavy atom. The van der Waals surface area contributed by atoms with Gasteiger partial charge in [-0.15, -0.1) is 0 Å². The van der Waals surface area contributed by atoms with Gasteiger partial charge in [0.2, 0.25) is 0 Å². The molecule has 1 N–H and O–H groups in total. The lowest BCUT2D eigenvalue weighted by Crippen LogP contribution is -2.26. The summed E-state index contributed by atoms with van der Waals surface area (Å²) in [6.45, 7) is 11.2. The van der Waals surface area contributed by atoms with E-state index < -0.39 is 0 Å². The lowest BCUT2D eigenvalue weighted by molar-refractivity contribution is -0.154. The quantitative estimate of drug-likeness (QED) is 0.304. The second-order valence-corrected chi connectivity index (χ2v) is 11.4. The summed E-state index contributed by atoms with van der Waals surface area (Å²) in [5.41, 5.74) is -0.376. The topological polar surface area (TPSA) is 46.5 Å². The normalized spacial score (nSPS) is 30.5. The number of fused-ring (bicyclic) bond motifs is 5. The van der Waals surface area contributed by atoms with Crippen LogP contribution in [-0.4, -0.2) is 24.3 Å². The van der Waals surface area contributed by atoms with E-state index in [0.29, 0.717) is 25.0 Å². The van der Waals surface area contributed by atoms with Crippen molar-refractivity contribution in [3.8, 4) is 0 Å². The average Bonchev–Trinajstić information content (AvgIpc) is 3.42. The molecule has 176 valence electrons. The molecule has 2 bridgehead atoms. The highest BCUT2D eigenvalue weighted by molar-refractivity contribution is 5.75. The Morgan fingerprint density at radius 3 is 2.33 bits per heavy atom. The highest BCUT2D eigenvalue weighted by Crippen LogP contribution is 2.60. The van der Waals surface area contributed by atoms with E-state index in [1.54, 1.807) is 0 Å². The molecule has 3 aliphatic rings. The van der Waals surface area contributed by atoms with Gasteiger partial charge >= 0.3 is 5.97 Å². The number of hydrogen-bond donors (Lipinski definition) is 1. The Morgan fingerprint density at radius 2 is 1.70 bits per heavy atom. The summed E-state index contributed by atoms with van der Waals surface area (Å²) in [4.78, 5) is 11.7. The number of ether oxygens (including phenoxy) is 1. The lowest BCUT2D eigenvalue weighted by atomic mass is 9.76. The van der Waals surface area contributed by atoms with Gasteiger partial charge in [0.05, 0.1) is 12.0 Å². The summed E-state index contributed by atoms with van der Waals surface area (Å²) in [5.74, 6) is 5.20. The molecule has 0 radical (unpaired) electrons. The largest absolute Gasteiger partial charge is 0.465 e. The van der Waals surface area contributed by atoms with Gasteiger partial charge in [0.15, 0.2) is 0 Å². The first-order valence-corrected chi connectivity index (χ1v) is 13.1. The van der Waals surface area contributed by atoms with E-state index in [9.17, 15) is 9.90 Å². The molecule has 0 aromatic carbocycles. The summed E-state index contributed by atoms with van der Waals surface area (Å²) in [6.07, 6.45) is 16.1. The van der Waals surface area contributed by atoms with Crippen molar-refractivity contribution in [1.82, 2.24) is 0 Å². The molecule has 3 aliphatic carbocycles. The minimum absolute atomic E-state index is 0.0769. The SMILES string of the molecule is CCCCCCCC(CC)COC(=O)C(C)(C)C.OCC1CC2CC1C1CCCC21. The number of rotatable bonds is 10. The third-order valence-electron chi connectivity index (χ3n) is 8.16. The highest BCUT2D eigenvalue weighted by Gasteiger charge is 2.53. The van der Waals surface area contributed by atoms with E-state index in [1.807, 2.05) is 20.8 Å². The Labute approximate surface area is 186 Å². The summed E-state index contributed by atoms with van der Waals surface area (Å²) in [5, 5.41) is 9.21. The molecule has 0 aromatic heterocycles. The summed E-state index contributed by atoms with van der Waals surface area (Å²) < 4.78 is 5.40. The van der Waals surface area contributed by atoms with Crippen LogP contribution in [-0.2, 0) is 9.53 Å². The van der Waals surface area contributed by atoms with Crippen LogP contribution in [0.15, 0.2) is 0 Å². The fourth-order valence-corrected chi connectivity index (χ4v) is 6.27. The number of hydrogen-bond acceptors (Lipinski definition) is 3. The molecule has 0 aromatic rings. The molecule has 6 unspecified atom stereocenters. The van der Waals surface area contributed by atoms with E-state index in [1.165, 1.54) is 70.6 Å². The van der Waals surface area contributed by atoms with Crippen LogP contribution in [0.1, 0.15) is 112 Å². The molecule has 0 spiro atoms. The first-order chi connectivity index (χ1) is 14.3. The minimum Gasteiger partial charge on any atom is -0.465 e. The average molecular weight is 423 g/mol. The van der Waals surface area contributed by atoms with E-state index in [0.717, 1.165) is 30.1 Å². The molecular weight excluding hydrogens is 372 g/mol. The maximum atomic E-state index is 11.7. The van der Waals surface area contributed by atoms with Gasteiger partial charge in [-0.25, -0.2) is 0 Å². The first kappa shape index (κ1) is 25.7. The van der Waals surface area contributed by atoms with Crippen molar-refractivity contribution >= 4 is 5.97 Å². The first-order valence-electron chi connectivity index (χ1n) is 13.1. The number of carbonyl (C=O) groups is 1. The molecule has 0 heterocycles. The van der Waals surface area contributed by atoms with E-state index >= 15 is 0 Å². The van der Waals surface area contributed by atoms with Crippen molar-refractivity contribution < 1.29 is 14.6 Å².